The number of carbonyl (C=O) groups is 2. The molecule has 0 spiro atoms. The smallest absolute Gasteiger partial charge is 0.306 e. The number of aliphatic carboxylic acids is 1. The number of carbonyl (C=O) groups excluding carboxylic acids is 1. The van der Waals surface area contributed by atoms with Gasteiger partial charge >= 0.3 is 11.9 Å². The number of carboxylic acids is 1. The van der Waals surface area contributed by atoms with Gasteiger partial charge in [-0.25, -0.2) is 0 Å². The van der Waals surface area contributed by atoms with Gasteiger partial charge in [0.05, 0.1) is 59.1 Å². The number of carboxylic acid groups (broad SMARTS) is 1. The topological polar surface area (TPSA) is 677 Å². The fourth-order valence-electron chi connectivity index (χ4n) is 12.3. The Morgan fingerprint density at radius 3 is 0.547 bits per heavy atom. The molecule has 30 saturated heterocycles. The molecule has 30 fully saturated rings. The van der Waals surface area contributed by atoms with Crippen molar-refractivity contribution >= 4 is 11.9 Å². The zero-order valence-electron chi connectivity index (χ0n) is 49.7. The van der Waals surface area contributed by atoms with Gasteiger partial charge in [0.1, 0.15) is 202 Å². The second-order valence-electron chi connectivity index (χ2n) is 23.9. The van der Waals surface area contributed by atoms with E-state index in [9.17, 15) is 127 Å². The molecule has 0 aromatic carbocycles. The minimum atomic E-state index is -2.37. The second-order valence-corrected chi connectivity index (χ2v) is 23.9. The summed E-state index contributed by atoms with van der Waals surface area (Å²) in [5.41, 5.74) is 0. The van der Waals surface area contributed by atoms with Gasteiger partial charge in [0.25, 0.3) is 0 Å². The van der Waals surface area contributed by atoms with Gasteiger partial charge in [0, 0.05) is 0 Å². The summed E-state index contributed by atoms with van der Waals surface area (Å²) in [6, 6.07) is 0. The number of ether oxygens (including phenoxy) is 17. The number of hydrogen-bond acceptors (Lipinski definition) is 42. The zero-order valence-corrected chi connectivity index (χ0v) is 49.7. The van der Waals surface area contributed by atoms with Crippen LogP contribution in [0.25, 0.3) is 0 Å². The molecule has 0 unspecified atom stereocenters. The first-order chi connectivity index (χ1) is 45.1. The monoisotopic (exact) mass is 1400 g/mol. The van der Waals surface area contributed by atoms with Crippen LogP contribution >= 0.6 is 0 Å². The third-order valence-corrected chi connectivity index (χ3v) is 17.7. The number of aliphatic hydroxyl groups is 23. The van der Waals surface area contributed by atoms with Gasteiger partial charge in [0.15, 0.2) is 50.3 Å². The predicted octanol–water partition coefficient (Wildman–Crippen LogP) is -17.0. The molecule has 0 aliphatic carbocycles. The van der Waals surface area contributed by atoms with Crippen molar-refractivity contribution in [1.82, 2.24) is 0 Å². The molecule has 16 bridgehead atoms. The highest BCUT2D eigenvalue weighted by atomic mass is 16.8. The Bertz CT molecular complexity index is 2390. The highest BCUT2D eigenvalue weighted by Gasteiger charge is 2.60. The Morgan fingerprint density at radius 2 is 0.389 bits per heavy atom. The molecule has 95 heavy (non-hydrogen) atoms. The van der Waals surface area contributed by atoms with Crippen molar-refractivity contribution in [2.45, 2.75) is 258 Å². The van der Waals surface area contributed by atoms with Crippen LogP contribution in [0.1, 0.15) is 12.8 Å². The van der Waals surface area contributed by atoms with Gasteiger partial charge in [0.2, 0.25) is 0 Å². The molecule has 30 aliphatic rings. The van der Waals surface area contributed by atoms with Crippen LogP contribution in [0, 0.1) is 0 Å². The van der Waals surface area contributed by atoms with Gasteiger partial charge < -0.3 is 203 Å². The standard InChI is InChI=1S/C52H84O43/c53-3-11-37-21(63)29(71)45(80-11)89-38-12(4-54)82-47(31(73)23(38)65)91-40-14(6-56)84-49(33(75)25(40)67)93-42-16(8-58)86-51(35(77)27(42)69)95-44-18(10-79-20(62)2-1-19(60)61)87-52(36(78)28(44)70)94-43-17(9-59)85-50(34(76)26(43)68)92-41-15(7-57)83-48(32(74)24(41)66)90-39-13(5-55)81-46(88-37)30(72)22(39)64/h11-18,21-59,63-78H,1-10H2,(H,60,61)/t11-,12-,13-,14-,15-,16-,17-,18-,21-,22-,23-,24-,25-,26-,27-,28-,29-,30-,31-,32-,33-,34-,35-,36-,37-,38-,39-,40-,41-,42-,43-,44-,45-,46-,47-,48-,49-,50-,51-,52-/m1/s1. The van der Waals surface area contributed by atoms with Crippen LogP contribution in [0.15, 0.2) is 0 Å². The van der Waals surface area contributed by atoms with Gasteiger partial charge in [-0.1, -0.05) is 0 Å². The van der Waals surface area contributed by atoms with E-state index < -0.39 is 323 Å². The molecule has 30 rings (SSSR count). The first-order valence-corrected chi connectivity index (χ1v) is 30.2. The Balaban J connectivity index is 0.996. The van der Waals surface area contributed by atoms with E-state index in [0.717, 1.165) is 0 Å². The Morgan fingerprint density at radius 1 is 0.232 bits per heavy atom. The van der Waals surface area contributed by atoms with Crippen molar-refractivity contribution in [2.24, 2.45) is 0 Å². The summed E-state index contributed by atoms with van der Waals surface area (Å²) in [7, 11) is 0. The maximum absolute atomic E-state index is 12.7. The number of rotatable bonds is 12. The summed E-state index contributed by atoms with van der Waals surface area (Å²) < 4.78 is 96.8. The average molecular weight is 1400 g/mol. The lowest BCUT2D eigenvalue weighted by Crippen LogP contribution is -2.69. The predicted molar refractivity (Wildman–Crippen MR) is 282 cm³/mol. The van der Waals surface area contributed by atoms with Crippen molar-refractivity contribution in [1.29, 1.82) is 0 Å². The molecule has 550 valence electrons. The lowest BCUT2D eigenvalue weighted by molar-refractivity contribution is -0.404. The molecule has 43 nitrogen and oxygen atoms in total. The molecule has 24 N–H and O–H groups in total. The molecular formula is C52H84O43. The zero-order chi connectivity index (χ0) is 69.3. The summed E-state index contributed by atoms with van der Waals surface area (Å²) in [4.78, 5) is 24.0. The molecule has 30 heterocycles. The molecule has 40 atom stereocenters. The molecule has 30 aliphatic heterocycles. The van der Waals surface area contributed by atoms with E-state index in [1.165, 1.54) is 0 Å². The van der Waals surface area contributed by atoms with Crippen molar-refractivity contribution in [3.05, 3.63) is 0 Å². The maximum Gasteiger partial charge on any atom is 0.306 e. The summed E-state index contributed by atoms with van der Waals surface area (Å²) in [6.07, 6.45) is -85.9. The molecule has 0 aromatic rings. The van der Waals surface area contributed by atoms with Crippen molar-refractivity contribution in [3.8, 4) is 0 Å². The highest BCUT2D eigenvalue weighted by Crippen LogP contribution is 2.40. The lowest BCUT2D eigenvalue weighted by atomic mass is 9.94. The van der Waals surface area contributed by atoms with E-state index in [1.54, 1.807) is 0 Å². The van der Waals surface area contributed by atoms with Crippen molar-refractivity contribution in [2.75, 3.05) is 52.9 Å². The van der Waals surface area contributed by atoms with E-state index >= 15 is 0 Å². The third-order valence-electron chi connectivity index (χ3n) is 17.7. The van der Waals surface area contributed by atoms with Gasteiger partial charge in [-0.15, -0.1) is 0 Å². The first kappa shape index (κ1) is 76.6. The van der Waals surface area contributed by atoms with Gasteiger partial charge in [-0.05, 0) is 0 Å². The molecule has 43 heteroatoms. The summed E-state index contributed by atoms with van der Waals surface area (Å²) >= 11 is 0. The molecule has 0 saturated carbocycles. The maximum atomic E-state index is 12.7. The van der Waals surface area contributed by atoms with E-state index in [1.807, 2.05) is 0 Å². The van der Waals surface area contributed by atoms with E-state index in [0.29, 0.717) is 0 Å². The van der Waals surface area contributed by atoms with Gasteiger partial charge in [-0.3, -0.25) is 9.59 Å². The van der Waals surface area contributed by atoms with Crippen LogP contribution in [0.5, 0.6) is 0 Å². The minimum Gasteiger partial charge on any atom is -0.481 e. The fraction of sp³-hybridized carbons (Fsp3) is 0.962. The normalized spacial score (nSPS) is 52.0. The second kappa shape index (κ2) is 33.0. The molecular weight excluding hydrogens is 1310 g/mol. The number of esters is 1. The largest absolute Gasteiger partial charge is 0.481 e. The van der Waals surface area contributed by atoms with Crippen LogP contribution < -0.4 is 0 Å². The first-order valence-electron chi connectivity index (χ1n) is 30.2. The Labute approximate surface area is 535 Å². The lowest BCUT2D eigenvalue weighted by Gasteiger charge is -2.50. The molecule has 0 amide bonds. The van der Waals surface area contributed by atoms with Crippen LogP contribution in [0.4, 0.5) is 0 Å². The molecule has 0 aromatic heterocycles. The summed E-state index contributed by atoms with van der Waals surface area (Å²) in [5, 5.41) is 266. The van der Waals surface area contributed by atoms with E-state index in [4.69, 9.17) is 85.6 Å². The third kappa shape index (κ3) is 16.0. The van der Waals surface area contributed by atoms with Crippen LogP contribution in [-0.2, 0) is 90.1 Å². The highest BCUT2D eigenvalue weighted by molar-refractivity contribution is 5.76. The molecule has 0 radical (unpaired) electrons. The Hall–Kier alpha value is -2.62. The minimum absolute atomic E-state index is 0.735. The summed E-state index contributed by atoms with van der Waals surface area (Å²) in [6.45, 7) is -8.86. The van der Waals surface area contributed by atoms with E-state index in [2.05, 4.69) is 0 Å². The van der Waals surface area contributed by atoms with Crippen LogP contribution in [-0.4, -0.2) is 433 Å². The average Bonchev–Trinajstić information content (AvgIpc) is 0.814. The van der Waals surface area contributed by atoms with Crippen LogP contribution in [0.3, 0.4) is 0 Å². The Kier molecular flexibility index (Phi) is 26.6. The number of hydrogen-bond donors (Lipinski definition) is 24. The van der Waals surface area contributed by atoms with Crippen molar-refractivity contribution < 1.29 is 213 Å². The van der Waals surface area contributed by atoms with Gasteiger partial charge in [-0.2, -0.15) is 0 Å². The van der Waals surface area contributed by atoms with Crippen LogP contribution in [0.2, 0.25) is 0 Å². The van der Waals surface area contributed by atoms with E-state index in [-0.39, 0.29) is 0 Å². The van der Waals surface area contributed by atoms with Crippen molar-refractivity contribution in [3.63, 3.8) is 0 Å². The summed E-state index contributed by atoms with van der Waals surface area (Å²) in [5.74, 6) is -2.61. The SMILES string of the molecule is O=C(O)CCC(=O)OC[C@H]1O[C@@H]2O[C@H]3[C@H](O)[C@@H](O)[C@@H](O[C@H]4[C@H](O)[C@@H](O)[C@@H](O[C@H]5[C@H](O)[C@@H](O)[C@@H](O[C@H]6[C@H](O)[C@@H](O)[C@@H](O[C@H]7[C@H](O)[C@@H](O)[C@@H](O[C@H]8[C@H](O)[C@@H](O)[C@@H](O[C@H]9[C@H](O)[C@@H](O)[C@@H](O[C@H]1[C@H](O)[C@H]2O)O[C@@H]9CO)O[C@@H]8CO)O[C@@H]7CO)O[C@@H]6CO)O[C@@H]5CO)O[C@@H]4CO)O[C@@H]3CO. The quantitative estimate of drug-likeness (QED) is 0.0807. The number of aliphatic hydroxyl groups excluding tert-OH is 23. The fourth-order valence-corrected chi connectivity index (χ4v) is 12.3.